The highest BCUT2D eigenvalue weighted by Gasteiger charge is 2.29. The predicted molar refractivity (Wildman–Crippen MR) is 69.3 cm³/mol. The lowest BCUT2D eigenvalue weighted by Gasteiger charge is -2.33. The molecule has 0 heterocycles. The van der Waals surface area contributed by atoms with Crippen molar-refractivity contribution in [3.05, 3.63) is 29.8 Å². The van der Waals surface area contributed by atoms with Gasteiger partial charge in [0.1, 0.15) is 5.75 Å². The Balaban J connectivity index is 1.97. The standard InChI is InChI=1S/C15H22O2/c1-15(16,10-12-5-3-6-12)11-13-7-4-8-14(9-13)17-2/h4,7-9,12,16H,3,5-6,10-11H2,1-2H3. The summed E-state index contributed by atoms with van der Waals surface area (Å²) in [5.41, 5.74) is 0.561. The molecule has 94 valence electrons. The van der Waals surface area contributed by atoms with Crippen molar-refractivity contribution in [2.24, 2.45) is 5.92 Å². The van der Waals surface area contributed by atoms with E-state index in [0.29, 0.717) is 6.42 Å². The van der Waals surface area contributed by atoms with E-state index in [0.717, 1.165) is 23.7 Å². The first kappa shape index (κ1) is 12.4. The second-order valence-corrected chi connectivity index (χ2v) is 5.53. The fourth-order valence-electron chi connectivity index (χ4n) is 2.61. The summed E-state index contributed by atoms with van der Waals surface area (Å²) in [4.78, 5) is 0. The number of aliphatic hydroxyl groups is 1. The Kier molecular flexibility index (Phi) is 3.72. The quantitative estimate of drug-likeness (QED) is 0.848. The van der Waals surface area contributed by atoms with E-state index in [1.54, 1.807) is 7.11 Å². The maximum Gasteiger partial charge on any atom is 0.119 e. The molecular weight excluding hydrogens is 212 g/mol. The van der Waals surface area contributed by atoms with Crippen LogP contribution in [-0.4, -0.2) is 17.8 Å². The zero-order chi connectivity index (χ0) is 12.3. The number of hydrogen-bond acceptors (Lipinski definition) is 2. The minimum atomic E-state index is -0.586. The molecule has 0 saturated heterocycles. The topological polar surface area (TPSA) is 29.5 Å². The number of benzene rings is 1. The van der Waals surface area contributed by atoms with Crippen LogP contribution in [0, 0.1) is 5.92 Å². The highest BCUT2D eigenvalue weighted by molar-refractivity contribution is 5.29. The second kappa shape index (κ2) is 5.09. The minimum absolute atomic E-state index is 0.586. The van der Waals surface area contributed by atoms with Gasteiger partial charge in [0.25, 0.3) is 0 Å². The van der Waals surface area contributed by atoms with Crippen LogP contribution in [0.2, 0.25) is 0 Å². The van der Waals surface area contributed by atoms with Gasteiger partial charge >= 0.3 is 0 Å². The molecule has 0 spiro atoms. The largest absolute Gasteiger partial charge is 0.497 e. The Morgan fingerprint density at radius 3 is 2.76 bits per heavy atom. The third-order valence-electron chi connectivity index (χ3n) is 3.67. The van der Waals surface area contributed by atoms with E-state index < -0.39 is 5.60 Å². The summed E-state index contributed by atoms with van der Waals surface area (Å²) < 4.78 is 5.20. The zero-order valence-electron chi connectivity index (χ0n) is 10.8. The molecule has 1 saturated carbocycles. The van der Waals surface area contributed by atoms with E-state index in [2.05, 4.69) is 6.07 Å². The number of methoxy groups -OCH3 is 1. The molecule has 2 heteroatoms. The van der Waals surface area contributed by atoms with Crippen molar-refractivity contribution in [3.63, 3.8) is 0 Å². The minimum Gasteiger partial charge on any atom is -0.497 e. The molecule has 1 unspecified atom stereocenters. The van der Waals surface area contributed by atoms with Crippen LogP contribution in [0.4, 0.5) is 0 Å². The first-order valence-electron chi connectivity index (χ1n) is 6.44. The molecule has 17 heavy (non-hydrogen) atoms. The van der Waals surface area contributed by atoms with E-state index in [-0.39, 0.29) is 0 Å². The molecule has 0 radical (unpaired) electrons. The zero-order valence-corrected chi connectivity index (χ0v) is 10.8. The molecule has 1 fully saturated rings. The van der Waals surface area contributed by atoms with Gasteiger partial charge in [-0.25, -0.2) is 0 Å². The summed E-state index contributed by atoms with van der Waals surface area (Å²) in [5, 5.41) is 10.4. The monoisotopic (exact) mass is 234 g/mol. The van der Waals surface area contributed by atoms with Crippen LogP contribution in [0.1, 0.15) is 38.2 Å². The van der Waals surface area contributed by atoms with Crippen LogP contribution in [0.5, 0.6) is 5.75 Å². The molecule has 1 atom stereocenters. The summed E-state index contributed by atoms with van der Waals surface area (Å²) >= 11 is 0. The number of hydrogen-bond donors (Lipinski definition) is 1. The normalized spacial score (nSPS) is 19.5. The average Bonchev–Trinajstić information content (AvgIpc) is 2.23. The molecule has 0 aromatic heterocycles. The summed E-state index contributed by atoms with van der Waals surface area (Å²) in [5.74, 6) is 1.59. The molecule has 2 nitrogen and oxygen atoms in total. The smallest absolute Gasteiger partial charge is 0.119 e. The van der Waals surface area contributed by atoms with Crippen molar-refractivity contribution in [2.45, 2.75) is 44.6 Å². The van der Waals surface area contributed by atoms with Gasteiger partial charge in [-0.2, -0.15) is 0 Å². The molecule has 1 N–H and O–H groups in total. The summed E-state index contributed by atoms with van der Waals surface area (Å²) in [6.45, 7) is 1.95. The van der Waals surface area contributed by atoms with E-state index in [9.17, 15) is 5.11 Å². The molecular formula is C15H22O2. The van der Waals surface area contributed by atoms with Crippen molar-refractivity contribution in [1.82, 2.24) is 0 Å². The third kappa shape index (κ3) is 3.47. The Hall–Kier alpha value is -1.02. The molecule has 1 aliphatic rings. The first-order chi connectivity index (χ1) is 8.09. The maximum absolute atomic E-state index is 10.4. The predicted octanol–water partition coefficient (Wildman–Crippen LogP) is 3.18. The maximum atomic E-state index is 10.4. The van der Waals surface area contributed by atoms with Crippen LogP contribution < -0.4 is 4.74 Å². The highest BCUT2D eigenvalue weighted by atomic mass is 16.5. The Morgan fingerprint density at radius 1 is 1.41 bits per heavy atom. The molecule has 0 amide bonds. The molecule has 0 bridgehead atoms. The Bertz CT molecular complexity index is 367. The molecule has 0 aliphatic heterocycles. The summed E-state index contributed by atoms with van der Waals surface area (Å²) in [6, 6.07) is 7.98. The second-order valence-electron chi connectivity index (χ2n) is 5.53. The van der Waals surface area contributed by atoms with Gasteiger partial charge in [0.2, 0.25) is 0 Å². The fraction of sp³-hybridized carbons (Fsp3) is 0.600. The average molecular weight is 234 g/mol. The summed E-state index contributed by atoms with van der Waals surface area (Å²) in [6.07, 6.45) is 5.54. The van der Waals surface area contributed by atoms with E-state index in [1.807, 2.05) is 25.1 Å². The van der Waals surface area contributed by atoms with Crippen LogP contribution in [-0.2, 0) is 6.42 Å². The van der Waals surface area contributed by atoms with Gasteiger partial charge in [0.05, 0.1) is 12.7 Å². The lowest BCUT2D eigenvalue weighted by atomic mass is 9.76. The molecule has 1 aromatic carbocycles. The SMILES string of the molecule is COc1cccc(CC(C)(O)CC2CCC2)c1. The van der Waals surface area contributed by atoms with Crippen molar-refractivity contribution in [2.75, 3.05) is 7.11 Å². The van der Waals surface area contributed by atoms with E-state index in [1.165, 1.54) is 19.3 Å². The number of rotatable bonds is 5. The van der Waals surface area contributed by atoms with E-state index in [4.69, 9.17) is 4.74 Å². The fourth-order valence-corrected chi connectivity index (χ4v) is 2.61. The summed E-state index contributed by atoms with van der Waals surface area (Å²) in [7, 11) is 1.67. The molecule has 2 rings (SSSR count). The van der Waals surface area contributed by atoms with Crippen molar-refractivity contribution >= 4 is 0 Å². The number of ether oxygens (including phenoxy) is 1. The van der Waals surface area contributed by atoms with Gasteiger partial charge in [-0.1, -0.05) is 31.4 Å². The highest BCUT2D eigenvalue weighted by Crippen LogP contribution is 2.35. The lowest BCUT2D eigenvalue weighted by molar-refractivity contribution is 0.0204. The third-order valence-corrected chi connectivity index (χ3v) is 3.67. The van der Waals surface area contributed by atoms with Crippen molar-refractivity contribution < 1.29 is 9.84 Å². The van der Waals surface area contributed by atoms with Crippen LogP contribution in [0.15, 0.2) is 24.3 Å². The van der Waals surface area contributed by atoms with Crippen molar-refractivity contribution in [1.29, 1.82) is 0 Å². The van der Waals surface area contributed by atoms with Crippen LogP contribution in [0.3, 0.4) is 0 Å². The van der Waals surface area contributed by atoms with Crippen LogP contribution in [0.25, 0.3) is 0 Å². The van der Waals surface area contributed by atoms with Gasteiger partial charge in [0, 0.05) is 6.42 Å². The van der Waals surface area contributed by atoms with Gasteiger partial charge in [-0.15, -0.1) is 0 Å². The van der Waals surface area contributed by atoms with Crippen molar-refractivity contribution in [3.8, 4) is 5.75 Å². The van der Waals surface area contributed by atoms with E-state index >= 15 is 0 Å². The Morgan fingerprint density at radius 2 is 2.18 bits per heavy atom. The molecule has 1 aromatic rings. The molecule has 1 aliphatic carbocycles. The Labute approximate surface area is 104 Å². The van der Waals surface area contributed by atoms with Crippen LogP contribution >= 0.6 is 0 Å². The van der Waals surface area contributed by atoms with Gasteiger partial charge < -0.3 is 9.84 Å². The van der Waals surface area contributed by atoms with Gasteiger partial charge in [-0.05, 0) is 37.0 Å². The first-order valence-corrected chi connectivity index (χ1v) is 6.44. The van der Waals surface area contributed by atoms with Gasteiger partial charge in [-0.3, -0.25) is 0 Å². The lowest BCUT2D eigenvalue weighted by Crippen LogP contribution is -2.32. The van der Waals surface area contributed by atoms with Gasteiger partial charge in [0.15, 0.2) is 0 Å².